The van der Waals surface area contributed by atoms with Gasteiger partial charge in [-0.05, 0) is 40.2 Å². The molecule has 0 spiro atoms. The Bertz CT molecular complexity index is 592. The second kappa shape index (κ2) is 5.66. The van der Waals surface area contributed by atoms with Gasteiger partial charge in [0.25, 0.3) is 5.91 Å². The number of amides is 1. The van der Waals surface area contributed by atoms with Crippen LogP contribution >= 0.6 is 15.9 Å². The largest absolute Gasteiger partial charge is 0.459 e. The molecule has 0 aromatic carbocycles. The quantitative estimate of drug-likeness (QED) is 0.845. The fraction of sp³-hybridized carbons (Fsp3) is 0.286. The maximum atomic E-state index is 12.2. The van der Waals surface area contributed by atoms with E-state index in [9.17, 15) is 4.79 Å². The average molecular weight is 336 g/mol. The van der Waals surface area contributed by atoms with E-state index in [-0.39, 0.29) is 5.91 Å². The van der Waals surface area contributed by atoms with Crippen molar-refractivity contribution in [2.75, 3.05) is 31.1 Å². The van der Waals surface area contributed by atoms with Crippen LogP contribution in [0.1, 0.15) is 10.6 Å². The lowest BCUT2D eigenvalue weighted by Crippen LogP contribution is -2.49. The Kier molecular flexibility index (Phi) is 3.73. The zero-order valence-corrected chi connectivity index (χ0v) is 12.4. The van der Waals surface area contributed by atoms with E-state index in [1.165, 1.54) is 6.26 Å². The van der Waals surface area contributed by atoms with Crippen molar-refractivity contribution in [1.82, 2.24) is 9.88 Å². The monoisotopic (exact) mass is 335 g/mol. The number of aromatic nitrogens is 1. The van der Waals surface area contributed by atoms with Crippen molar-refractivity contribution >= 4 is 27.7 Å². The van der Waals surface area contributed by atoms with Crippen LogP contribution in [0.2, 0.25) is 0 Å². The van der Waals surface area contributed by atoms with Gasteiger partial charge in [-0.1, -0.05) is 0 Å². The molecule has 3 rings (SSSR count). The number of carbonyl (C=O) groups is 1. The van der Waals surface area contributed by atoms with E-state index < -0.39 is 0 Å². The van der Waals surface area contributed by atoms with Crippen LogP contribution in [0.4, 0.5) is 5.82 Å². The summed E-state index contributed by atoms with van der Waals surface area (Å²) < 4.78 is 6.13. The normalized spacial score (nSPS) is 15.4. The van der Waals surface area contributed by atoms with Gasteiger partial charge < -0.3 is 14.2 Å². The van der Waals surface area contributed by atoms with Crippen molar-refractivity contribution in [3.05, 3.63) is 47.0 Å². The van der Waals surface area contributed by atoms with Gasteiger partial charge in [-0.25, -0.2) is 4.98 Å². The van der Waals surface area contributed by atoms with Crippen molar-refractivity contribution in [2.24, 2.45) is 0 Å². The molecule has 0 radical (unpaired) electrons. The predicted molar refractivity (Wildman–Crippen MR) is 78.8 cm³/mol. The minimum absolute atomic E-state index is 0.0465. The highest BCUT2D eigenvalue weighted by Gasteiger charge is 2.24. The van der Waals surface area contributed by atoms with E-state index >= 15 is 0 Å². The van der Waals surface area contributed by atoms with Gasteiger partial charge >= 0.3 is 0 Å². The Balaban J connectivity index is 1.65. The van der Waals surface area contributed by atoms with E-state index in [2.05, 4.69) is 25.8 Å². The molecule has 0 N–H and O–H groups in total. The molecule has 0 unspecified atom stereocenters. The summed E-state index contributed by atoms with van der Waals surface area (Å²) in [7, 11) is 0. The number of carbonyl (C=O) groups excluding carboxylic acids is 1. The van der Waals surface area contributed by atoms with Gasteiger partial charge in [-0.15, -0.1) is 0 Å². The molecule has 1 fully saturated rings. The molecular formula is C14H14BrN3O2. The second-order valence-electron chi connectivity index (χ2n) is 4.57. The first-order chi connectivity index (χ1) is 9.75. The van der Waals surface area contributed by atoms with E-state index in [4.69, 9.17) is 4.42 Å². The highest BCUT2D eigenvalue weighted by atomic mass is 79.9. The molecule has 1 aliphatic heterocycles. The molecule has 1 amide bonds. The number of anilines is 1. The van der Waals surface area contributed by atoms with Crippen molar-refractivity contribution in [1.29, 1.82) is 0 Å². The second-order valence-corrected chi connectivity index (χ2v) is 5.42. The predicted octanol–water partition coefficient (Wildman–Crippen LogP) is 2.40. The Morgan fingerprint density at radius 2 is 2.00 bits per heavy atom. The summed E-state index contributed by atoms with van der Waals surface area (Å²) in [4.78, 5) is 20.5. The number of rotatable bonds is 2. The lowest BCUT2D eigenvalue weighted by atomic mass is 10.2. The summed E-state index contributed by atoms with van der Waals surface area (Å²) in [5.41, 5.74) is 0. The average Bonchev–Trinajstić information content (AvgIpc) is 3.01. The number of piperazine rings is 1. The Labute approximate surface area is 125 Å². The van der Waals surface area contributed by atoms with Crippen LogP contribution < -0.4 is 4.90 Å². The molecule has 2 aromatic rings. The summed E-state index contributed by atoms with van der Waals surface area (Å²) in [6, 6.07) is 7.30. The maximum absolute atomic E-state index is 12.2. The number of hydrogen-bond donors (Lipinski definition) is 0. The zero-order chi connectivity index (χ0) is 13.9. The van der Waals surface area contributed by atoms with Crippen LogP contribution in [0.5, 0.6) is 0 Å². The number of hydrogen-bond acceptors (Lipinski definition) is 4. The summed E-state index contributed by atoms with van der Waals surface area (Å²) in [5.74, 6) is 1.28. The SMILES string of the molecule is O=C(c1ccco1)N1CCN(c2ncccc2Br)CC1. The smallest absolute Gasteiger partial charge is 0.289 e. The molecule has 0 saturated carbocycles. The molecular weight excluding hydrogens is 322 g/mol. The number of furan rings is 1. The highest BCUT2D eigenvalue weighted by molar-refractivity contribution is 9.10. The number of halogens is 1. The molecule has 0 atom stereocenters. The van der Waals surface area contributed by atoms with Gasteiger partial charge in [0, 0.05) is 32.4 Å². The van der Waals surface area contributed by atoms with Gasteiger partial charge in [-0.2, -0.15) is 0 Å². The molecule has 5 nitrogen and oxygen atoms in total. The van der Waals surface area contributed by atoms with Gasteiger partial charge in [0.2, 0.25) is 0 Å². The Morgan fingerprint density at radius 3 is 2.65 bits per heavy atom. The van der Waals surface area contributed by atoms with E-state index in [0.29, 0.717) is 18.8 Å². The van der Waals surface area contributed by atoms with Crippen LogP contribution in [0.15, 0.2) is 45.6 Å². The van der Waals surface area contributed by atoms with Crippen molar-refractivity contribution in [2.45, 2.75) is 0 Å². The fourth-order valence-corrected chi connectivity index (χ4v) is 2.79. The van der Waals surface area contributed by atoms with Crippen molar-refractivity contribution in [3.8, 4) is 0 Å². The molecule has 1 saturated heterocycles. The van der Waals surface area contributed by atoms with Crippen LogP contribution in [0.25, 0.3) is 0 Å². The highest BCUT2D eigenvalue weighted by Crippen LogP contribution is 2.24. The summed E-state index contributed by atoms with van der Waals surface area (Å²) in [6.07, 6.45) is 3.30. The van der Waals surface area contributed by atoms with Crippen LogP contribution in [0.3, 0.4) is 0 Å². The molecule has 3 heterocycles. The topological polar surface area (TPSA) is 49.6 Å². The molecule has 2 aromatic heterocycles. The third-order valence-corrected chi connectivity index (χ3v) is 3.96. The molecule has 0 aliphatic carbocycles. The summed E-state index contributed by atoms with van der Waals surface area (Å²) in [5, 5.41) is 0. The molecule has 0 bridgehead atoms. The van der Waals surface area contributed by atoms with Crippen molar-refractivity contribution < 1.29 is 9.21 Å². The van der Waals surface area contributed by atoms with Crippen LogP contribution in [-0.4, -0.2) is 42.0 Å². The van der Waals surface area contributed by atoms with Crippen molar-refractivity contribution in [3.63, 3.8) is 0 Å². The first-order valence-corrected chi connectivity index (χ1v) is 7.23. The zero-order valence-electron chi connectivity index (χ0n) is 10.8. The lowest BCUT2D eigenvalue weighted by Gasteiger charge is -2.35. The van der Waals surface area contributed by atoms with Gasteiger partial charge in [-0.3, -0.25) is 4.79 Å². The standard InChI is InChI=1S/C14H14BrN3O2/c15-11-3-1-5-16-13(11)17-6-8-18(9-7-17)14(19)12-4-2-10-20-12/h1-5,10H,6-9H2. The number of pyridine rings is 1. The van der Waals surface area contributed by atoms with E-state index in [0.717, 1.165) is 23.4 Å². The van der Waals surface area contributed by atoms with E-state index in [1.54, 1.807) is 18.3 Å². The molecule has 104 valence electrons. The third-order valence-electron chi connectivity index (χ3n) is 3.34. The van der Waals surface area contributed by atoms with Crippen LogP contribution in [0, 0.1) is 0 Å². The third kappa shape index (κ3) is 2.56. The number of nitrogens with zero attached hydrogens (tertiary/aromatic N) is 3. The Hall–Kier alpha value is -1.82. The summed E-state index contributed by atoms with van der Waals surface area (Å²) in [6.45, 7) is 2.87. The molecule has 6 heteroatoms. The first kappa shape index (κ1) is 13.2. The minimum atomic E-state index is -0.0465. The van der Waals surface area contributed by atoms with Crippen LogP contribution in [-0.2, 0) is 0 Å². The van der Waals surface area contributed by atoms with Gasteiger partial charge in [0.05, 0.1) is 10.7 Å². The molecule has 1 aliphatic rings. The van der Waals surface area contributed by atoms with Gasteiger partial charge in [0.1, 0.15) is 5.82 Å². The molecule has 20 heavy (non-hydrogen) atoms. The maximum Gasteiger partial charge on any atom is 0.289 e. The summed E-state index contributed by atoms with van der Waals surface area (Å²) >= 11 is 3.51. The van der Waals surface area contributed by atoms with E-state index in [1.807, 2.05) is 17.0 Å². The minimum Gasteiger partial charge on any atom is -0.459 e. The fourth-order valence-electron chi connectivity index (χ4n) is 2.29. The van der Waals surface area contributed by atoms with Gasteiger partial charge in [0.15, 0.2) is 5.76 Å². The first-order valence-electron chi connectivity index (χ1n) is 6.44. The lowest BCUT2D eigenvalue weighted by molar-refractivity contribution is 0.0714. The Morgan fingerprint density at radius 1 is 1.20 bits per heavy atom.